The maximum absolute atomic E-state index is 13.6. The van der Waals surface area contributed by atoms with Crippen LogP contribution < -0.4 is 5.32 Å². The van der Waals surface area contributed by atoms with Gasteiger partial charge in [-0.05, 0) is 30.5 Å². The molecule has 0 radical (unpaired) electrons. The fourth-order valence-electron chi connectivity index (χ4n) is 3.55. The van der Waals surface area contributed by atoms with Gasteiger partial charge < -0.3 is 15.0 Å². The molecule has 24 heavy (non-hydrogen) atoms. The van der Waals surface area contributed by atoms with E-state index in [0.717, 1.165) is 25.7 Å². The van der Waals surface area contributed by atoms with Gasteiger partial charge in [-0.3, -0.25) is 9.59 Å². The Balaban J connectivity index is 1.80. The van der Waals surface area contributed by atoms with E-state index < -0.39 is 18.0 Å². The second-order valence-electron chi connectivity index (χ2n) is 6.58. The number of amides is 2. The molecule has 5 nitrogen and oxygen atoms in total. The van der Waals surface area contributed by atoms with E-state index in [0.29, 0.717) is 5.56 Å². The van der Waals surface area contributed by atoms with Crippen molar-refractivity contribution in [3.05, 3.63) is 35.6 Å². The Hall–Kier alpha value is -1.95. The summed E-state index contributed by atoms with van der Waals surface area (Å²) in [7, 11) is 1.63. The van der Waals surface area contributed by atoms with Crippen LogP contribution in [0.4, 0.5) is 4.39 Å². The first-order chi connectivity index (χ1) is 11.6. The number of nitrogens with zero attached hydrogens (tertiary/aromatic N) is 1. The lowest BCUT2D eigenvalue weighted by Gasteiger charge is -2.39. The topological polar surface area (TPSA) is 58.6 Å². The summed E-state index contributed by atoms with van der Waals surface area (Å²) >= 11 is 0. The zero-order chi connectivity index (χ0) is 17.1. The zero-order valence-corrected chi connectivity index (χ0v) is 13.8. The lowest BCUT2D eigenvalue weighted by molar-refractivity contribution is -0.162. The normalized spacial score (nSPS) is 25.6. The van der Waals surface area contributed by atoms with E-state index in [1.54, 1.807) is 19.2 Å². The molecule has 0 spiro atoms. The smallest absolute Gasteiger partial charge is 0.251 e. The van der Waals surface area contributed by atoms with Crippen molar-refractivity contribution < 1.29 is 18.7 Å². The molecule has 130 valence electrons. The summed E-state index contributed by atoms with van der Waals surface area (Å²) in [5.41, 5.74) is 0.564. The van der Waals surface area contributed by atoms with Crippen LogP contribution in [-0.2, 0) is 14.3 Å². The first-order valence-corrected chi connectivity index (χ1v) is 8.49. The molecule has 2 atom stereocenters. The summed E-state index contributed by atoms with van der Waals surface area (Å²) in [4.78, 5) is 26.2. The van der Waals surface area contributed by atoms with Gasteiger partial charge in [0.15, 0.2) is 6.10 Å². The van der Waals surface area contributed by atoms with Gasteiger partial charge in [0, 0.05) is 13.1 Å². The van der Waals surface area contributed by atoms with Gasteiger partial charge in [-0.1, -0.05) is 31.4 Å². The predicted octanol–water partition coefficient (Wildman–Crippen LogP) is 2.17. The number of carbonyl (C=O) groups excluding carboxylic acids is 2. The molecule has 1 saturated heterocycles. The van der Waals surface area contributed by atoms with Gasteiger partial charge in [0.1, 0.15) is 12.4 Å². The molecule has 1 saturated carbocycles. The van der Waals surface area contributed by atoms with Crippen LogP contribution in [-0.4, -0.2) is 42.5 Å². The highest BCUT2D eigenvalue weighted by Crippen LogP contribution is 2.30. The van der Waals surface area contributed by atoms with Crippen LogP contribution in [0.15, 0.2) is 24.3 Å². The standard InChI is InChI=1S/C18H23FN2O3/c1-21-15(22)11-24-17(16(21)12-6-5-7-13(19)10-12)18(23)20-14-8-3-2-4-9-14/h5-7,10,14,16-17H,2-4,8-9,11H2,1H3,(H,20,23)/t16-,17+/m1/s1. The molecular formula is C18H23FN2O3. The van der Waals surface area contributed by atoms with Crippen molar-refractivity contribution in [1.82, 2.24) is 10.2 Å². The van der Waals surface area contributed by atoms with Crippen molar-refractivity contribution in [2.75, 3.05) is 13.7 Å². The zero-order valence-electron chi connectivity index (χ0n) is 13.8. The molecule has 2 amide bonds. The van der Waals surface area contributed by atoms with Crippen LogP contribution in [0.2, 0.25) is 0 Å². The average Bonchev–Trinajstić information content (AvgIpc) is 2.58. The number of morpholine rings is 1. The van der Waals surface area contributed by atoms with E-state index in [9.17, 15) is 14.0 Å². The third-order valence-electron chi connectivity index (χ3n) is 4.88. The first-order valence-electron chi connectivity index (χ1n) is 8.49. The van der Waals surface area contributed by atoms with E-state index in [4.69, 9.17) is 4.74 Å². The van der Waals surface area contributed by atoms with Gasteiger partial charge in [-0.2, -0.15) is 0 Å². The molecule has 3 rings (SSSR count). The second-order valence-corrected chi connectivity index (χ2v) is 6.58. The van der Waals surface area contributed by atoms with Crippen LogP contribution in [0.3, 0.4) is 0 Å². The van der Waals surface area contributed by atoms with Crippen molar-refractivity contribution >= 4 is 11.8 Å². The van der Waals surface area contributed by atoms with Crippen molar-refractivity contribution in [2.24, 2.45) is 0 Å². The van der Waals surface area contributed by atoms with E-state index in [-0.39, 0.29) is 24.5 Å². The minimum atomic E-state index is -0.823. The minimum absolute atomic E-state index is 0.134. The highest BCUT2D eigenvalue weighted by atomic mass is 19.1. The lowest BCUT2D eigenvalue weighted by atomic mass is 9.94. The van der Waals surface area contributed by atoms with Crippen LogP contribution in [0.1, 0.15) is 43.7 Å². The number of rotatable bonds is 3. The summed E-state index contributed by atoms with van der Waals surface area (Å²) in [5.74, 6) is -0.841. The fourth-order valence-corrected chi connectivity index (χ4v) is 3.55. The number of nitrogens with one attached hydrogen (secondary N) is 1. The second kappa shape index (κ2) is 7.30. The van der Waals surface area contributed by atoms with E-state index in [2.05, 4.69) is 5.32 Å². The molecule has 2 aliphatic rings. The molecule has 1 heterocycles. The van der Waals surface area contributed by atoms with Gasteiger partial charge in [0.25, 0.3) is 5.91 Å². The number of halogens is 1. The number of likely N-dealkylation sites (N-methyl/N-ethyl adjacent to an activating group) is 1. The Morgan fingerprint density at radius 3 is 2.75 bits per heavy atom. The van der Waals surface area contributed by atoms with Gasteiger partial charge in [-0.15, -0.1) is 0 Å². The number of carbonyl (C=O) groups is 2. The monoisotopic (exact) mass is 334 g/mol. The highest BCUT2D eigenvalue weighted by molar-refractivity contribution is 5.86. The highest BCUT2D eigenvalue weighted by Gasteiger charge is 2.40. The third-order valence-corrected chi connectivity index (χ3v) is 4.88. The number of benzene rings is 1. The van der Waals surface area contributed by atoms with Gasteiger partial charge in [0.2, 0.25) is 5.91 Å². The average molecular weight is 334 g/mol. The number of ether oxygens (including phenoxy) is 1. The molecule has 2 fully saturated rings. The fraction of sp³-hybridized carbons (Fsp3) is 0.556. The Morgan fingerprint density at radius 1 is 1.29 bits per heavy atom. The SMILES string of the molecule is CN1C(=O)CO[C@H](C(=O)NC2CCCCC2)[C@H]1c1cccc(F)c1. The number of hydrogen-bond acceptors (Lipinski definition) is 3. The Morgan fingerprint density at radius 2 is 2.04 bits per heavy atom. The molecular weight excluding hydrogens is 311 g/mol. The molecule has 0 aromatic heterocycles. The molecule has 6 heteroatoms. The largest absolute Gasteiger partial charge is 0.356 e. The van der Waals surface area contributed by atoms with Crippen LogP contribution in [0.5, 0.6) is 0 Å². The van der Waals surface area contributed by atoms with Crippen LogP contribution >= 0.6 is 0 Å². The van der Waals surface area contributed by atoms with Gasteiger partial charge >= 0.3 is 0 Å². The van der Waals surface area contributed by atoms with Crippen LogP contribution in [0, 0.1) is 5.82 Å². The Bertz CT molecular complexity index is 616. The maximum Gasteiger partial charge on any atom is 0.251 e. The summed E-state index contributed by atoms with van der Waals surface area (Å²) in [6, 6.07) is 5.52. The van der Waals surface area contributed by atoms with Crippen molar-refractivity contribution in [2.45, 2.75) is 50.3 Å². The Labute approximate surface area is 141 Å². The summed E-state index contributed by atoms with van der Waals surface area (Å²) in [6.45, 7) is -0.134. The predicted molar refractivity (Wildman–Crippen MR) is 86.7 cm³/mol. The maximum atomic E-state index is 13.6. The molecule has 1 N–H and O–H groups in total. The molecule has 0 bridgehead atoms. The molecule has 1 aromatic rings. The van der Waals surface area contributed by atoms with Crippen molar-refractivity contribution in [3.63, 3.8) is 0 Å². The van der Waals surface area contributed by atoms with E-state index >= 15 is 0 Å². The minimum Gasteiger partial charge on any atom is -0.356 e. The molecule has 1 aliphatic heterocycles. The number of hydrogen-bond donors (Lipinski definition) is 1. The third kappa shape index (κ3) is 3.59. The quantitative estimate of drug-likeness (QED) is 0.922. The van der Waals surface area contributed by atoms with E-state index in [1.165, 1.54) is 23.5 Å². The van der Waals surface area contributed by atoms with Gasteiger partial charge in [-0.25, -0.2) is 4.39 Å². The lowest BCUT2D eigenvalue weighted by Crippen LogP contribution is -2.54. The summed E-state index contributed by atoms with van der Waals surface area (Å²) < 4.78 is 19.1. The summed E-state index contributed by atoms with van der Waals surface area (Å²) in [6.07, 6.45) is 4.55. The molecule has 1 aromatic carbocycles. The Kier molecular flexibility index (Phi) is 5.14. The first kappa shape index (κ1) is 16.9. The van der Waals surface area contributed by atoms with Crippen LogP contribution in [0.25, 0.3) is 0 Å². The summed E-state index contributed by atoms with van der Waals surface area (Å²) in [5, 5.41) is 3.04. The van der Waals surface area contributed by atoms with E-state index in [1.807, 2.05) is 0 Å². The molecule has 1 aliphatic carbocycles. The van der Waals surface area contributed by atoms with Crippen molar-refractivity contribution in [3.8, 4) is 0 Å². The van der Waals surface area contributed by atoms with Crippen molar-refractivity contribution in [1.29, 1.82) is 0 Å². The molecule has 0 unspecified atom stereocenters. The van der Waals surface area contributed by atoms with Gasteiger partial charge in [0.05, 0.1) is 6.04 Å².